The Morgan fingerprint density at radius 1 is 0.240 bits per heavy atom. The number of fused-ring (bicyclic) bond motifs is 6. The molecule has 0 saturated heterocycles. The molecule has 2 nitrogen and oxygen atoms in total. The molecule has 12 aromatic rings. The highest BCUT2D eigenvalue weighted by Crippen LogP contribution is 2.51. The van der Waals surface area contributed by atoms with Crippen LogP contribution in [0.5, 0.6) is 0 Å². The van der Waals surface area contributed by atoms with Crippen molar-refractivity contribution in [3.05, 3.63) is 158 Å². The first-order valence-electron chi connectivity index (χ1n) is 17.4. The van der Waals surface area contributed by atoms with E-state index in [1.165, 1.54) is 120 Å². The summed E-state index contributed by atoms with van der Waals surface area (Å²) in [5.41, 5.74) is 12.8. The Kier molecular flexibility index (Phi) is 4.41. The van der Waals surface area contributed by atoms with E-state index >= 15 is 0 Å². The molecule has 2 heteroatoms. The second-order valence-electron chi connectivity index (χ2n) is 14.2. The summed E-state index contributed by atoms with van der Waals surface area (Å²) in [5.74, 6) is 0. The van der Waals surface area contributed by atoms with Gasteiger partial charge in [0.2, 0.25) is 0 Å². The third-order valence-electron chi connectivity index (χ3n) is 11.7. The average Bonchev–Trinajstić information content (AvgIpc) is 3.69. The van der Waals surface area contributed by atoms with E-state index in [2.05, 4.69) is 167 Å². The second kappa shape index (κ2) is 8.68. The number of rotatable bonds is 2. The van der Waals surface area contributed by atoms with Crippen molar-refractivity contribution in [2.45, 2.75) is 0 Å². The maximum Gasteiger partial charge on any atom is 0.0547 e. The third-order valence-corrected chi connectivity index (χ3v) is 11.7. The fourth-order valence-electron chi connectivity index (χ4n) is 9.47. The molecule has 10 aromatic carbocycles. The van der Waals surface area contributed by atoms with Gasteiger partial charge in [-0.3, -0.25) is 0 Å². The van der Waals surface area contributed by atoms with E-state index in [0.29, 0.717) is 0 Å². The highest BCUT2D eigenvalue weighted by Gasteiger charge is 2.25. The quantitative estimate of drug-likeness (QED) is 0.168. The number of hydrogen-bond donors (Lipinski definition) is 0. The minimum atomic E-state index is 1.20. The Morgan fingerprint density at radius 3 is 0.880 bits per heavy atom. The van der Waals surface area contributed by atoms with Gasteiger partial charge in [-0.2, -0.15) is 0 Å². The van der Waals surface area contributed by atoms with Crippen LogP contribution in [0.1, 0.15) is 0 Å². The monoisotopic (exact) mass is 630 g/mol. The van der Waals surface area contributed by atoms with Crippen LogP contribution in [0.3, 0.4) is 0 Å². The van der Waals surface area contributed by atoms with Crippen molar-refractivity contribution in [1.82, 2.24) is 9.13 Å². The van der Waals surface area contributed by atoms with Crippen LogP contribution in [0, 0.1) is 0 Å². The van der Waals surface area contributed by atoms with Crippen molar-refractivity contribution >= 4 is 86.7 Å². The van der Waals surface area contributed by atoms with Crippen LogP contribution in [0.25, 0.3) is 120 Å². The maximum absolute atomic E-state index is 2.45. The molecule has 0 bridgehead atoms. The molecule has 0 radical (unpaired) electrons. The molecule has 0 atom stereocenters. The van der Waals surface area contributed by atoms with Crippen LogP contribution in [0.15, 0.2) is 158 Å². The Labute approximate surface area is 286 Å². The van der Waals surface area contributed by atoms with E-state index in [1.54, 1.807) is 0 Å². The summed E-state index contributed by atoms with van der Waals surface area (Å²) in [4.78, 5) is 0. The number of hydrogen-bond acceptors (Lipinski definition) is 0. The third kappa shape index (κ3) is 3.02. The number of nitrogens with zero attached hydrogens (tertiary/aromatic N) is 2. The first-order chi connectivity index (χ1) is 24.8. The fourth-order valence-corrected chi connectivity index (χ4v) is 9.47. The van der Waals surface area contributed by atoms with E-state index < -0.39 is 0 Å². The van der Waals surface area contributed by atoms with Crippen molar-refractivity contribution in [3.63, 3.8) is 0 Å². The maximum atomic E-state index is 2.45. The second-order valence-corrected chi connectivity index (χ2v) is 14.2. The molecular weight excluding hydrogens is 605 g/mol. The van der Waals surface area contributed by atoms with Gasteiger partial charge in [-0.05, 0) is 138 Å². The zero-order chi connectivity index (χ0) is 32.2. The smallest absolute Gasteiger partial charge is 0.0547 e. The summed E-state index contributed by atoms with van der Waals surface area (Å²) >= 11 is 0. The summed E-state index contributed by atoms with van der Waals surface area (Å²) < 4.78 is 4.90. The SMILES string of the molecule is c1cc2ccc3cccc4c3c2c(c1)n4-c1ccc2cc3c(cc2c1)-c1cc2cc(-n4c5cccc6ccc7cccc4c7c65)ccc2cc1-3. The highest BCUT2D eigenvalue weighted by molar-refractivity contribution is 6.25. The molecule has 0 unspecified atom stereocenters. The van der Waals surface area contributed by atoms with Gasteiger partial charge in [0.05, 0.1) is 22.1 Å². The molecule has 0 amide bonds. The van der Waals surface area contributed by atoms with Crippen LogP contribution in [-0.2, 0) is 0 Å². The van der Waals surface area contributed by atoms with Crippen molar-refractivity contribution in [3.8, 4) is 33.6 Å². The molecule has 0 spiro atoms. The molecule has 228 valence electrons. The minimum absolute atomic E-state index is 1.20. The van der Waals surface area contributed by atoms with E-state index in [1.807, 2.05) is 0 Å². The standard InChI is InChI=1S/C48H26N2/c1-5-27-13-14-28-6-2-10-42-46(28)45(27)41(9-1)49(42)35-19-17-31-23-37-38-24-32-18-20-36(22-34(32)26-40(38)39(37)25-33(31)21-35)50-43-11-3-7-29-15-16-30-8-4-12-44(50)48(30)47(29)43/h1-26H. The zero-order valence-corrected chi connectivity index (χ0v) is 26.9. The Hall–Kier alpha value is -6.64. The Bertz CT molecular complexity index is 3060. The summed E-state index contributed by atoms with van der Waals surface area (Å²) in [5, 5.41) is 15.7. The molecule has 1 aliphatic carbocycles. The van der Waals surface area contributed by atoms with Crippen LogP contribution in [-0.4, -0.2) is 9.13 Å². The lowest BCUT2D eigenvalue weighted by atomic mass is 9.78. The fraction of sp³-hybridized carbons (Fsp3) is 0. The predicted molar refractivity (Wildman–Crippen MR) is 212 cm³/mol. The van der Waals surface area contributed by atoms with Crippen LogP contribution < -0.4 is 0 Å². The molecule has 2 heterocycles. The summed E-state index contributed by atoms with van der Waals surface area (Å²) in [6.45, 7) is 0. The van der Waals surface area contributed by atoms with Crippen LogP contribution in [0.4, 0.5) is 0 Å². The molecule has 2 aromatic heterocycles. The normalized spacial score (nSPS) is 12.8. The van der Waals surface area contributed by atoms with Gasteiger partial charge in [0, 0.05) is 32.9 Å². The molecular formula is C48H26N2. The van der Waals surface area contributed by atoms with Gasteiger partial charge < -0.3 is 9.13 Å². The lowest BCUT2D eigenvalue weighted by Crippen LogP contribution is -2.00. The van der Waals surface area contributed by atoms with Gasteiger partial charge in [-0.25, -0.2) is 0 Å². The Balaban J connectivity index is 0.978. The van der Waals surface area contributed by atoms with Gasteiger partial charge in [-0.15, -0.1) is 0 Å². The number of aromatic nitrogens is 2. The largest absolute Gasteiger partial charge is 0.309 e. The van der Waals surface area contributed by atoms with Gasteiger partial charge in [-0.1, -0.05) is 84.9 Å². The van der Waals surface area contributed by atoms with Crippen molar-refractivity contribution in [1.29, 1.82) is 0 Å². The molecule has 0 N–H and O–H groups in total. The van der Waals surface area contributed by atoms with E-state index in [9.17, 15) is 0 Å². The van der Waals surface area contributed by atoms with E-state index in [4.69, 9.17) is 0 Å². The molecule has 0 aliphatic heterocycles. The van der Waals surface area contributed by atoms with Gasteiger partial charge in [0.1, 0.15) is 0 Å². The van der Waals surface area contributed by atoms with Crippen molar-refractivity contribution in [2.24, 2.45) is 0 Å². The van der Waals surface area contributed by atoms with Crippen LogP contribution in [0.2, 0.25) is 0 Å². The molecule has 13 rings (SSSR count). The Morgan fingerprint density at radius 2 is 0.540 bits per heavy atom. The lowest BCUT2D eigenvalue weighted by Gasteiger charge is -2.26. The number of benzene rings is 10. The van der Waals surface area contributed by atoms with Crippen molar-refractivity contribution in [2.75, 3.05) is 0 Å². The van der Waals surface area contributed by atoms with E-state index in [-0.39, 0.29) is 0 Å². The average molecular weight is 631 g/mol. The highest BCUT2D eigenvalue weighted by atomic mass is 15.0. The van der Waals surface area contributed by atoms with E-state index in [0.717, 1.165) is 0 Å². The topological polar surface area (TPSA) is 9.86 Å². The first-order valence-corrected chi connectivity index (χ1v) is 17.4. The summed E-state index contributed by atoms with van der Waals surface area (Å²) in [6.07, 6.45) is 0. The first kappa shape index (κ1) is 25.4. The molecule has 1 aliphatic rings. The van der Waals surface area contributed by atoms with Crippen LogP contribution >= 0.6 is 0 Å². The lowest BCUT2D eigenvalue weighted by molar-refractivity contribution is 1.19. The van der Waals surface area contributed by atoms with Gasteiger partial charge in [0.15, 0.2) is 0 Å². The molecule has 0 fully saturated rings. The molecule has 0 saturated carbocycles. The van der Waals surface area contributed by atoms with Gasteiger partial charge in [0.25, 0.3) is 0 Å². The summed E-state index contributed by atoms with van der Waals surface area (Å²) in [6, 6.07) is 59.3. The van der Waals surface area contributed by atoms with Crippen molar-refractivity contribution < 1.29 is 0 Å². The molecule has 50 heavy (non-hydrogen) atoms. The minimum Gasteiger partial charge on any atom is -0.309 e. The predicted octanol–water partition coefficient (Wildman–Crippen LogP) is 13.0. The summed E-state index contributed by atoms with van der Waals surface area (Å²) in [7, 11) is 0. The zero-order valence-electron chi connectivity index (χ0n) is 26.9. The van der Waals surface area contributed by atoms with Gasteiger partial charge >= 0.3 is 0 Å².